The van der Waals surface area contributed by atoms with Crippen LogP contribution in [0, 0.1) is 10.1 Å². The number of aryl methyl sites for hydroxylation is 1. The van der Waals surface area contributed by atoms with Gasteiger partial charge in [0.1, 0.15) is 17.0 Å². The smallest absolute Gasteiger partial charge is 0.270 e. The highest BCUT2D eigenvalue weighted by atomic mass is 16.6. The van der Waals surface area contributed by atoms with Crippen LogP contribution in [0.2, 0.25) is 0 Å². The number of aliphatic imine (C=N–C) groups is 1. The molecule has 8 heteroatoms. The molecule has 0 saturated carbocycles. The van der Waals surface area contributed by atoms with Crippen molar-refractivity contribution in [2.24, 2.45) is 4.99 Å². The molecule has 4 rings (SSSR count). The number of hydrogen-bond acceptors (Lipinski definition) is 7. The van der Waals surface area contributed by atoms with Crippen molar-refractivity contribution in [1.29, 1.82) is 0 Å². The summed E-state index contributed by atoms with van der Waals surface area (Å²) >= 11 is 0. The lowest BCUT2D eigenvalue weighted by Crippen LogP contribution is -1.90. The van der Waals surface area contributed by atoms with E-state index in [0.29, 0.717) is 22.4 Å². The lowest BCUT2D eigenvalue weighted by molar-refractivity contribution is -0.384. The van der Waals surface area contributed by atoms with E-state index in [4.69, 9.17) is 4.42 Å². The molecule has 4 aromatic rings. The average Bonchev–Trinajstić information content (AvgIpc) is 3.16. The van der Waals surface area contributed by atoms with Gasteiger partial charge in [-0.2, -0.15) is 0 Å². The van der Waals surface area contributed by atoms with Gasteiger partial charge in [0.2, 0.25) is 5.89 Å². The maximum atomic E-state index is 10.9. The summed E-state index contributed by atoms with van der Waals surface area (Å²) in [6.07, 6.45) is 2.19. The van der Waals surface area contributed by atoms with Crippen molar-refractivity contribution in [2.45, 2.75) is 13.3 Å². The molecule has 0 amide bonds. The Labute approximate surface area is 170 Å². The van der Waals surface area contributed by atoms with Gasteiger partial charge >= 0.3 is 0 Å². The summed E-state index contributed by atoms with van der Waals surface area (Å²) in [6, 6.07) is 14.0. The second kappa shape index (κ2) is 7.67. The standard InChI is InChI=1S/C22H17N3O5/c1-2-13-3-8-21-18(9-13)24-22(30-21)17-11-15(4-6-20(17)27)23-12-14-10-16(25(28)29)5-7-19(14)26/h3-12,26-27H,2H2,1H3. The van der Waals surface area contributed by atoms with Gasteiger partial charge in [-0.3, -0.25) is 15.1 Å². The zero-order chi connectivity index (χ0) is 21.3. The number of hydrogen-bond donors (Lipinski definition) is 2. The molecule has 8 nitrogen and oxygen atoms in total. The van der Waals surface area contributed by atoms with Crippen LogP contribution in [-0.2, 0) is 6.42 Å². The molecular weight excluding hydrogens is 386 g/mol. The monoisotopic (exact) mass is 403 g/mol. The van der Waals surface area contributed by atoms with Gasteiger partial charge in [0.05, 0.1) is 16.2 Å². The van der Waals surface area contributed by atoms with E-state index in [1.165, 1.54) is 30.5 Å². The Hall–Kier alpha value is -4.20. The number of oxazole rings is 1. The van der Waals surface area contributed by atoms with Crippen molar-refractivity contribution in [3.05, 3.63) is 75.8 Å². The van der Waals surface area contributed by atoms with Crippen LogP contribution in [0.4, 0.5) is 11.4 Å². The van der Waals surface area contributed by atoms with Gasteiger partial charge in [0.25, 0.3) is 5.69 Å². The van der Waals surface area contributed by atoms with Crippen LogP contribution >= 0.6 is 0 Å². The Bertz CT molecular complexity index is 1290. The fourth-order valence-electron chi connectivity index (χ4n) is 2.99. The molecule has 0 unspecified atom stereocenters. The molecule has 0 atom stereocenters. The van der Waals surface area contributed by atoms with Crippen molar-refractivity contribution in [1.82, 2.24) is 4.98 Å². The van der Waals surface area contributed by atoms with Crippen LogP contribution in [-0.4, -0.2) is 26.3 Å². The minimum absolute atomic E-state index is 0.0191. The van der Waals surface area contributed by atoms with Crippen molar-refractivity contribution in [2.75, 3.05) is 0 Å². The topological polar surface area (TPSA) is 122 Å². The molecule has 0 aliphatic heterocycles. The molecule has 0 spiro atoms. The van der Waals surface area contributed by atoms with Gasteiger partial charge in [-0.05, 0) is 48.4 Å². The summed E-state index contributed by atoms with van der Waals surface area (Å²) in [5.74, 6) is 0.106. The van der Waals surface area contributed by atoms with Crippen LogP contribution in [0.5, 0.6) is 11.5 Å². The Morgan fingerprint density at radius 3 is 2.67 bits per heavy atom. The average molecular weight is 403 g/mol. The van der Waals surface area contributed by atoms with E-state index in [1.54, 1.807) is 12.1 Å². The van der Waals surface area contributed by atoms with Crippen molar-refractivity contribution in [3.63, 3.8) is 0 Å². The first-order valence-corrected chi connectivity index (χ1v) is 9.19. The number of benzene rings is 3. The lowest BCUT2D eigenvalue weighted by Gasteiger charge is -2.02. The number of aromatic hydroxyl groups is 2. The SMILES string of the molecule is CCc1ccc2oc(-c3cc(N=Cc4cc([N+](=O)[O-])ccc4O)ccc3O)nc2c1. The third kappa shape index (κ3) is 3.70. The summed E-state index contributed by atoms with van der Waals surface area (Å²) in [6.45, 7) is 2.05. The van der Waals surface area contributed by atoms with Gasteiger partial charge in [0.15, 0.2) is 5.58 Å². The first-order chi connectivity index (χ1) is 14.4. The lowest BCUT2D eigenvalue weighted by atomic mass is 10.1. The summed E-state index contributed by atoms with van der Waals surface area (Å²) in [5.41, 5.74) is 3.29. The van der Waals surface area contributed by atoms with E-state index in [-0.39, 0.29) is 28.6 Å². The minimum atomic E-state index is -0.549. The Balaban J connectivity index is 1.70. The normalized spacial score (nSPS) is 11.4. The molecule has 30 heavy (non-hydrogen) atoms. The van der Waals surface area contributed by atoms with E-state index >= 15 is 0 Å². The molecule has 0 fully saturated rings. The number of nitro groups is 1. The molecule has 0 saturated heterocycles. The van der Waals surface area contributed by atoms with Crippen molar-refractivity contribution in [3.8, 4) is 23.0 Å². The predicted molar refractivity (Wildman–Crippen MR) is 113 cm³/mol. The number of fused-ring (bicyclic) bond motifs is 1. The minimum Gasteiger partial charge on any atom is -0.507 e. The maximum absolute atomic E-state index is 10.9. The van der Waals surface area contributed by atoms with E-state index < -0.39 is 4.92 Å². The fraction of sp³-hybridized carbons (Fsp3) is 0.0909. The van der Waals surface area contributed by atoms with E-state index in [0.717, 1.165) is 12.0 Å². The van der Waals surface area contributed by atoms with Gasteiger partial charge in [-0.15, -0.1) is 0 Å². The van der Waals surface area contributed by atoms with Crippen molar-refractivity contribution < 1.29 is 19.6 Å². The van der Waals surface area contributed by atoms with Crippen LogP contribution < -0.4 is 0 Å². The van der Waals surface area contributed by atoms with Crippen LogP contribution in [0.25, 0.3) is 22.6 Å². The first-order valence-electron chi connectivity index (χ1n) is 9.19. The zero-order valence-corrected chi connectivity index (χ0v) is 15.9. The van der Waals surface area contributed by atoms with Crippen LogP contribution in [0.3, 0.4) is 0 Å². The van der Waals surface area contributed by atoms with Crippen molar-refractivity contribution >= 4 is 28.7 Å². The van der Waals surface area contributed by atoms with Gasteiger partial charge in [-0.25, -0.2) is 4.98 Å². The number of rotatable bonds is 5. The van der Waals surface area contributed by atoms with E-state index in [2.05, 4.69) is 16.9 Å². The highest BCUT2D eigenvalue weighted by Crippen LogP contribution is 2.34. The Kier molecular flexibility index (Phi) is 4.89. The molecular formula is C22H17N3O5. The van der Waals surface area contributed by atoms with Crippen LogP contribution in [0.15, 0.2) is 64.0 Å². The molecule has 0 aliphatic carbocycles. The Morgan fingerprint density at radius 2 is 1.90 bits per heavy atom. The van der Waals surface area contributed by atoms with Gasteiger partial charge in [-0.1, -0.05) is 13.0 Å². The fourth-order valence-corrected chi connectivity index (χ4v) is 2.99. The summed E-state index contributed by atoms with van der Waals surface area (Å²) < 4.78 is 5.78. The number of phenolic OH excluding ortho intramolecular Hbond substituents is 2. The molecule has 1 aromatic heterocycles. The molecule has 2 N–H and O–H groups in total. The quantitative estimate of drug-likeness (QED) is 0.271. The zero-order valence-electron chi connectivity index (χ0n) is 15.9. The number of nitrogens with zero attached hydrogens (tertiary/aromatic N) is 3. The third-order valence-electron chi connectivity index (χ3n) is 4.65. The highest BCUT2D eigenvalue weighted by Gasteiger charge is 2.14. The van der Waals surface area contributed by atoms with Gasteiger partial charge in [0, 0.05) is 23.9 Å². The predicted octanol–water partition coefficient (Wildman–Crippen LogP) is 5.13. The molecule has 0 radical (unpaired) electrons. The number of phenols is 2. The summed E-state index contributed by atoms with van der Waals surface area (Å²) in [7, 11) is 0. The number of aromatic nitrogens is 1. The molecule has 0 bridgehead atoms. The Morgan fingerprint density at radius 1 is 1.10 bits per heavy atom. The van der Waals surface area contributed by atoms with Gasteiger partial charge < -0.3 is 14.6 Å². The largest absolute Gasteiger partial charge is 0.507 e. The van der Waals surface area contributed by atoms with E-state index in [9.17, 15) is 20.3 Å². The second-order valence-corrected chi connectivity index (χ2v) is 6.63. The number of non-ortho nitro benzene ring substituents is 1. The molecule has 150 valence electrons. The van der Waals surface area contributed by atoms with Crippen LogP contribution in [0.1, 0.15) is 18.1 Å². The third-order valence-corrected chi connectivity index (χ3v) is 4.65. The second-order valence-electron chi connectivity index (χ2n) is 6.63. The summed E-state index contributed by atoms with van der Waals surface area (Å²) in [4.78, 5) is 19.1. The molecule has 1 heterocycles. The molecule has 0 aliphatic rings. The van der Waals surface area contributed by atoms with E-state index in [1.807, 2.05) is 18.2 Å². The highest BCUT2D eigenvalue weighted by molar-refractivity contribution is 5.87. The first kappa shape index (κ1) is 19.1. The number of nitro benzene ring substituents is 1. The summed E-state index contributed by atoms with van der Waals surface area (Å²) in [5, 5.41) is 31.1. The molecule has 3 aromatic carbocycles. The maximum Gasteiger partial charge on any atom is 0.270 e.